The molecule has 0 bridgehead atoms. The Bertz CT molecular complexity index is 770. The number of hydrogen-bond donors (Lipinski definition) is 1. The normalized spacial score (nSPS) is 16.4. The van der Waals surface area contributed by atoms with Crippen LogP contribution in [0.4, 0.5) is 0 Å². The Morgan fingerprint density at radius 2 is 1.77 bits per heavy atom. The van der Waals surface area contributed by atoms with Crippen LogP contribution in [0.15, 0.2) is 23.1 Å². The molecule has 0 aromatic heterocycles. The minimum absolute atomic E-state index is 0.0558. The van der Waals surface area contributed by atoms with Gasteiger partial charge in [-0.25, -0.2) is 8.42 Å². The van der Waals surface area contributed by atoms with E-state index in [1.54, 1.807) is 7.05 Å². The van der Waals surface area contributed by atoms with E-state index in [4.69, 9.17) is 16.7 Å². The van der Waals surface area contributed by atoms with Gasteiger partial charge < -0.3 is 5.11 Å². The quantitative estimate of drug-likeness (QED) is 0.555. The zero-order chi connectivity index (χ0) is 19.3. The summed E-state index contributed by atoms with van der Waals surface area (Å²) < 4.78 is 27.4. The molecule has 6 nitrogen and oxygen atoms in total. The Morgan fingerprint density at radius 1 is 1.15 bits per heavy atom. The van der Waals surface area contributed by atoms with Crippen LogP contribution in [0, 0.1) is 0 Å². The molecule has 1 aromatic rings. The second kappa shape index (κ2) is 8.97. The molecule has 0 aliphatic heterocycles. The van der Waals surface area contributed by atoms with Gasteiger partial charge in [-0.2, -0.15) is 4.31 Å². The van der Waals surface area contributed by atoms with Crippen LogP contribution in [0.1, 0.15) is 61.7 Å². The van der Waals surface area contributed by atoms with Crippen LogP contribution in [-0.4, -0.2) is 42.7 Å². The number of rotatable bonds is 7. The van der Waals surface area contributed by atoms with Gasteiger partial charge in [-0.1, -0.05) is 37.3 Å². The van der Waals surface area contributed by atoms with Gasteiger partial charge in [0, 0.05) is 25.1 Å². The van der Waals surface area contributed by atoms with Crippen molar-refractivity contribution in [2.24, 2.45) is 0 Å². The first-order chi connectivity index (χ1) is 12.2. The molecule has 0 unspecified atom stereocenters. The summed E-state index contributed by atoms with van der Waals surface area (Å²) in [5.74, 6) is -1.49. The van der Waals surface area contributed by atoms with Gasteiger partial charge in [0.2, 0.25) is 10.0 Å². The summed E-state index contributed by atoms with van der Waals surface area (Å²) in [7, 11) is -2.28. The average Bonchev–Trinajstić information content (AvgIpc) is 2.88. The highest BCUT2D eigenvalue weighted by Gasteiger charge is 2.30. The third kappa shape index (κ3) is 5.05. The Morgan fingerprint density at radius 3 is 2.35 bits per heavy atom. The Labute approximate surface area is 159 Å². The number of halogens is 1. The van der Waals surface area contributed by atoms with E-state index < -0.39 is 21.8 Å². The smallest absolute Gasteiger partial charge is 0.303 e. The van der Waals surface area contributed by atoms with E-state index in [-0.39, 0.29) is 34.4 Å². The van der Waals surface area contributed by atoms with Crippen molar-refractivity contribution in [3.8, 4) is 0 Å². The molecule has 1 aliphatic rings. The fourth-order valence-electron chi connectivity index (χ4n) is 3.21. The van der Waals surface area contributed by atoms with Crippen LogP contribution in [0.3, 0.4) is 0 Å². The molecule has 2 rings (SSSR count). The van der Waals surface area contributed by atoms with Crippen LogP contribution in [0.2, 0.25) is 5.02 Å². The lowest BCUT2D eigenvalue weighted by molar-refractivity contribution is -0.136. The van der Waals surface area contributed by atoms with Crippen LogP contribution < -0.4 is 0 Å². The molecular formula is C18H24ClNO5S. The number of carboxylic acids is 1. The minimum atomic E-state index is -3.84. The molecule has 1 aliphatic carbocycles. The van der Waals surface area contributed by atoms with Gasteiger partial charge in [0.15, 0.2) is 5.78 Å². The Hall–Kier alpha value is -1.44. The lowest BCUT2D eigenvalue weighted by atomic mass is 10.1. The van der Waals surface area contributed by atoms with Gasteiger partial charge >= 0.3 is 5.97 Å². The number of Topliss-reactive ketones (excluding diaryl/α,β-unsaturated/α-hetero) is 1. The number of carbonyl (C=O) groups excluding carboxylic acids is 1. The molecular weight excluding hydrogens is 378 g/mol. The number of hydrogen-bond acceptors (Lipinski definition) is 4. The molecule has 0 heterocycles. The van der Waals surface area contributed by atoms with Crippen molar-refractivity contribution in [2.45, 2.75) is 62.3 Å². The first-order valence-corrected chi connectivity index (χ1v) is 10.6. The van der Waals surface area contributed by atoms with Crippen LogP contribution >= 0.6 is 11.6 Å². The van der Waals surface area contributed by atoms with Gasteiger partial charge in [-0.3, -0.25) is 9.59 Å². The maximum Gasteiger partial charge on any atom is 0.303 e. The van der Waals surface area contributed by atoms with Crippen molar-refractivity contribution in [3.63, 3.8) is 0 Å². The Kier molecular flexibility index (Phi) is 7.20. The number of sulfonamides is 1. The van der Waals surface area contributed by atoms with Crippen molar-refractivity contribution in [2.75, 3.05) is 7.05 Å². The first kappa shape index (κ1) is 20.9. The highest BCUT2D eigenvalue weighted by atomic mass is 35.5. The molecule has 0 amide bonds. The van der Waals surface area contributed by atoms with Crippen LogP contribution in [0.25, 0.3) is 0 Å². The summed E-state index contributed by atoms with van der Waals surface area (Å²) in [4.78, 5) is 22.7. The minimum Gasteiger partial charge on any atom is -0.481 e. The number of aliphatic carboxylic acids is 1. The van der Waals surface area contributed by atoms with E-state index in [2.05, 4.69) is 0 Å². The lowest BCUT2D eigenvalue weighted by Crippen LogP contribution is -2.37. The maximum absolute atomic E-state index is 13.0. The van der Waals surface area contributed by atoms with Crippen molar-refractivity contribution in [1.82, 2.24) is 4.31 Å². The van der Waals surface area contributed by atoms with Crippen molar-refractivity contribution < 1.29 is 23.1 Å². The molecule has 144 valence electrons. The SMILES string of the molecule is CN(C1CCCCCC1)S(=O)(=O)c1cc(C(=O)CCC(=O)O)ccc1Cl. The molecule has 0 spiro atoms. The predicted molar refractivity (Wildman–Crippen MR) is 99.1 cm³/mol. The zero-order valence-electron chi connectivity index (χ0n) is 14.8. The van der Waals surface area contributed by atoms with E-state index in [1.807, 2.05) is 0 Å². The van der Waals surface area contributed by atoms with Gasteiger partial charge in [0.1, 0.15) is 4.90 Å². The number of ketones is 1. The van der Waals surface area contributed by atoms with Gasteiger partial charge in [0.05, 0.1) is 11.4 Å². The Balaban J connectivity index is 2.28. The molecule has 8 heteroatoms. The fraction of sp³-hybridized carbons (Fsp3) is 0.556. The van der Waals surface area contributed by atoms with E-state index in [0.717, 1.165) is 38.5 Å². The van der Waals surface area contributed by atoms with Gasteiger partial charge in [0.25, 0.3) is 0 Å². The van der Waals surface area contributed by atoms with Gasteiger partial charge in [-0.05, 0) is 31.0 Å². The van der Waals surface area contributed by atoms with E-state index in [1.165, 1.54) is 22.5 Å². The van der Waals surface area contributed by atoms with E-state index >= 15 is 0 Å². The zero-order valence-corrected chi connectivity index (χ0v) is 16.4. The van der Waals surface area contributed by atoms with Gasteiger partial charge in [-0.15, -0.1) is 0 Å². The largest absolute Gasteiger partial charge is 0.481 e. The van der Waals surface area contributed by atoms with E-state index in [9.17, 15) is 18.0 Å². The fourth-order valence-corrected chi connectivity index (χ4v) is 5.13. The summed E-state index contributed by atoms with van der Waals surface area (Å²) in [5.41, 5.74) is 0.156. The molecule has 1 aromatic carbocycles. The summed E-state index contributed by atoms with van der Waals surface area (Å²) in [6.45, 7) is 0. The summed E-state index contributed by atoms with van der Waals surface area (Å²) in [6.07, 6.45) is 5.34. The average molecular weight is 402 g/mol. The molecule has 0 atom stereocenters. The third-order valence-corrected chi connectivity index (χ3v) is 7.21. The highest BCUT2D eigenvalue weighted by molar-refractivity contribution is 7.89. The topological polar surface area (TPSA) is 91.8 Å². The maximum atomic E-state index is 13.0. The summed E-state index contributed by atoms with van der Waals surface area (Å²) >= 11 is 6.12. The molecule has 0 saturated heterocycles. The molecule has 1 saturated carbocycles. The lowest BCUT2D eigenvalue weighted by Gasteiger charge is -2.27. The second-order valence-corrected chi connectivity index (χ2v) is 9.00. The first-order valence-electron chi connectivity index (χ1n) is 8.76. The summed E-state index contributed by atoms with van der Waals surface area (Å²) in [5, 5.41) is 8.76. The number of carbonyl (C=O) groups is 2. The molecule has 26 heavy (non-hydrogen) atoms. The number of carboxylic acid groups (broad SMARTS) is 1. The van der Waals surface area contributed by atoms with E-state index in [0.29, 0.717) is 0 Å². The highest BCUT2D eigenvalue weighted by Crippen LogP contribution is 2.30. The molecule has 1 fully saturated rings. The number of benzene rings is 1. The third-order valence-electron chi connectivity index (χ3n) is 4.82. The van der Waals surface area contributed by atoms with Crippen LogP contribution in [0.5, 0.6) is 0 Å². The summed E-state index contributed by atoms with van der Waals surface area (Å²) in [6, 6.07) is 3.99. The molecule has 1 N–H and O–H groups in total. The van der Waals surface area contributed by atoms with Crippen molar-refractivity contribution in [1.29, 1.82) is 0 Å². The monoisotopic (exact) mass is 401 g/mol. The van der Waals surface area contributed by atoms with Crippen molar-refractivity contribution in [3.05, 3.63) is 28.8 Å². The van der Waals surface area contributed by atoms with Crippen molar-refractivity contribution >= 4 is 33.4 Å². The predicted octanol–water partition coefficient (Wildman–Crippen LogP) is 3.73. The standard InChI is InChI=1S/C18H24ClNO5S/c1-20(14-6-4-2-3-5-7-14)26(24,25)17-12-13(8-9-15(17)19)16(21)10-11-18(22)23/h8-9,12,14H,2-7,10-11H2,1H3,(H,22,23). The second-order valence-electron chi connectivity index (χ2n) is 6.63. The molecule has 0 radical (unpaired) electrons. The van der Waals surface area contributed by atoms with Crippen LogP contribution in [-0.2, 0) is 14.8 Å². The number of nitrogens with zero attached hydrogens (tertiary/aromatic N) is 1.